The van der Waals surface area contributed by atoms with E-state index in [1.54, 1.807) is 6.92 Å². The van der Waals surface area contributed by atoms with E-state index >= 15 is 0 Å². The molecule has 0 unspecified atom stereocenters. The number of hydrogen-bond donors (Lipinski definition) is 2. The van der Waals surface area contributed by atoms with Gasteiger partial charge in [-0.05, 0) is 55.7 Å². The molecule has 1 fully saturated rings. The predicted molar refractivity (Wildman–Crippen MR) is 131 cm³/mol. The molecule has 0 saturated heterocycles. The molecule has 1 saturated carbocycles. The molecule has 2 N–H and O–H groups in total. The highest BCUT2D eigenvalue weighted by molar-refractivity contribution is 7.91. The maximum absolute atomic E-state index is 15.0. The molecular weight excluding hydrogens is 500 g/mol. The Balaban J connectivity index is 1.82. The van der Waals surface area contributed by atoms with E-state index in [1.165, 1.54) is 18.4 Å². The zero-order valence-corrected chi connectivity index (χ0v) is 21.9. The molecule has 1 aromatic carbocycles. The minimum Gasteiger partial charge on any atom is -0.388 e. The molecule has 0 radical (unpaired) electrons. The topological polar surface area (TPSA) is 101 Å². The van der Waals surface area contributed by atoms with Gasteiger partial charge in [0.1, 0.15) is 26.5 Å². The summed E-state index contributed by atoms with van der Waals surface area (Å²) in [5, 5.41) is 12.6. The van der Waals surface area contributed by atoms with E-state index in [0.717, 1.165) is 4.57 Å². The average molecular weight is 532 g/mol. The van der Waals surface area contributed by atoms with Gasteiger partial charge in [-0.1, -0.05) is 32.4 Å². The maximum atomic E-state index is 15.0. The number of amides is 1. The van der Waals surface area contributed by atoms with Gasteiger partial charge in [0.2, 0.25) is 0 Å². The van der Waals surface area contributed by atoms with Crippen molar-refractivity contribution in [1.29, 1.82) is 0 Å². The van der Waals surface area contributed by atoms with Gasteiger partial charge in [-0.25, -0.2) is 22.2 Å². The van der Waals surface area contributed by atoms with E-state index in [2.05, 4.69) is 10.3 Å². The first-order valence-electron chi connectivity index (χ1n) is 11.7. The standard InChI is InChI=1S/C24H32ClF2N3O4S/c1-5-19-29-20(23(31)28-13-24(32)8-6-16(7-9-24)35(4,33)34)22(25)30(19)21-17(26)11-15(10-14(2)3)12-18(21)27/h11-12,14,16,32H,5-10,13H2,1-4H3,(H,28,31). The molecule has 35 heavy (non-hydrogen) atoms. The highest BCUT2D eigenvalue weighted by Crippen LogP contribution is 2.32. The van der Waals surface area contributed by atoms with Gasteiger partial charge in [-0.3, -0.25) is 9.36 Å². The minimum absolute atomic E-state index is 0.125. The summed E-state index contributed by atoms with van der Waals surface area (Å²) in [5.74, 6) is -1.88. The SMILES string of the molecule is CCc1nc(C(=O)NCC2(O)CCC(S(C)(=O)=O)CC2)c(Cl)n1-c1c(F)cc(CC(C)C)cc1F. The lowest BCUT2D eigenvalue weighted by molar-refractivity contribution is 0.00607. The highest BCUT2D eigenvalue weighted by Gasteiger charge is 2.37. The normalized spacial score (nSPS) is 20.9. The van der Waals surface area contributed by atoms with Crippen molar-refractivity contribution in [3.63, 3.8) is 0 Å². The van der Waals surface area contributed by atoms with Crippen LogP contribution in [0.1, 0.15) is 68.3 Å². The monoisotopic (exact) mass is 531 g/mol. The number of nitrogens with one attached hydrogen (secondary N) is 1. The van der Waals surface area contributed by atoms with Crippen LogP contribution in [0.15, 0.2) is 12.1 Å². The van der Waals surface area contributed by atoms with Crippen LogP contribution < -0.4 is 5.32 Å². The summed E-state index contributed by atoms with van der Waals surface area (Å²) in [4.78, 5) is 17.1. The fraction of sp³-hybridized carbons (Fsp3) is 0.583. The molecule has 194 valence electrons. The van der Waals surface area contributed by atoms with Crippen molar-refractivity contribution in [2.24, 2.45) is 5.92 Å². The molecule has 0 spiro atoms. The van der Waals surface area contributed by atoms with Crippen molar-refractivity contribution in [3.8, 4) is 5.69 Å². The lowest BCUT2D eigenvalue weighted by Crippen LogP contribution is -2.47. The second-order valence-electron chi connectivity index (χ2n) is 9.80. The molecule has 0 atom stereocenters. The maximum Gasteiger partial charge on any atom is 0.273 e. The van der Waals surface area contributed by atoms with Crippen molar-refractivity contribution in [2.45, 2.75) is 70.1 Å². The van der Waals surface area contributed by atoms with Crippen LogP contribution >= 0.6 is 11.6 Å². The third kappa shape index (κ3) is 6.21. The zero-order chi connectivity index (χ0) is 26.1. The largest absolute Gasteiger partial charge is 0.388 e. The Morgan fingerprint density at radius 2 is 1.86 bits per heavy atom. The summed E-state index contributed by atoms with van der Waals surface area (Å²) in [7, 11) is -3.19. The molecule has 1 heterocycles. The van der Waals surface area contributed by atoms with Crippen LogP contribution in [-0.4, -0.2) is 52.6 Å². The van der Waals surface area contributed by atoms with E-state index in [9.17, 15) is 27.1 Å². The summed E-state index contributed by atoms with van der Waals surface area (Å²) in [6.07, 6.45) is 2.97. The number of sulfone groups is 1. The second kappa shape index (κ2) is 10.5. The number of halogens is 3. The Kier molecular flexibility index (Phi) is 8.28. The fourth-order valence-corrected chi connectivity index (χ4v) is 5.94. The smallest absolute Gasteiger partial charge is 0.273 e. The van der Waals surface area contributed by atoms with Crippen molar-refractivity contribution in [3.05, 3.63) is 46.0 Å². The van der Waals surface area contributed by atoms with Crippen LogP contribution in [0.3, 0.4) is 0 Å². The second-order valence-corrected chi connectivity index (χ2v) is 12.5. The summed E-state index contributed by atoms with van der Waals surface area (Å²) in [6, 6.07) is 2.52. The van der Waals surface area contributed by atoms with Crippen molar-refractivity contribution in [1.82, 2.24) is 14.9 Å². The molecule has 1 aliphatic carbocycles. The number of hydrogen-bond acceptors (Lipinski definition) is 5. The number of aromatic nitrogens is 2. The van der Waals surface area contributed by atoms with E-state index < -0.39 is 43.9 Å². The average Bonchev–Trinajstić information content (AvgIpc) is 3.07. The Bertz CT molecular complexity index is 1180. The van der Waals surface area contributed by atoms with Crippen LogP contribution in [0.2, 0.25) is 5.15 Å². The van der Waals surface area contributed by atoms with Gasteiger partial charge < -0.3 is 10.4 Å². The summed E-state index contributed by atoms with van der Waals surface area (Å²) in [6.45, 7) is 5.50. The number of benzene rings is 1. The van der Waals surface area contributed by atoms with E-state index in [4.69, 9.17) is 11.6 Å². The van der Waals surface area contributed by atoms with Gasteiger partial charge in [-0.2, -0.15) is 0 Å². The number of carbonyl (C=O) groups is 1. The van der Waals surface area contributed by atoms with Gasteiger partial charge in [0, 0.05) is 19.2 Å². The van der Waals surface area contributed by atoms with Crippen LogP contribution in [0, 0.1) is 17.6 Å². The molecule has 1 aliphatic rings. The van der Waals surface area contributed by atoms with Gasteiger partial charge >= 0.3 is 0 Å². The number of aliphatic hydroxyl groups is 1. The summed E-state index contributed by atoms with van der Waals surface area (Å²) >= 11 is 6.41. The minimum atomic E-state index is -3.19. The van der Waals surface area contributed by atoms with Gasteiger partial charge in [-0.15, -0.1) is 0 Å². The van der Waals surface area contributed by atoms with Gasteiger partial charge in [0.05, 0.1) is 10.9 Å². The molecule has 0 aliphatic heterocycles. The predicted octanol–water partition coefficient (Wildman–Crippen LogP) is 4.01. The van der Waals surface area contributed by atoms with E-state index in [1.807, 2.05) is 13.8 Å². The Morgan fingerprint density at radius 1 is 1.29 bits per heavy atom. The van der Waals surface area contributed by atoms with E-state index in [-0.39, 0.29) is 48.4 Å². The molecule has 1 amide bonds. The number of rotatable bonds is 8. The third-order valence-corrected chi connectivity index (χ3v) is 8.44. The molecule has 3 rings (SSSR count). The molecule has 1 aromatic heterocycles. The first-order chi connectivity index (χ1) is 16.3. The van der Waals surface area contributed by atoms with Gasteiger partial charge in [0.25, 0.3) is 5.91 Å². The number of aryl methyl sites for hydroxylation is 1. The Labute approximate surface area is 209 Å². The molecule has 11 heteroatoms. The quantitative estimate of drug-likeness (QED) is 0.536. The lowest BCUT2D eigenvalue weighted by atomic mass is 9.84. The lowest BCUT2D eigenvalue weighted by Gasteiger charge is -2.35. The van der Waals surface area contributed by atoms with Crippen molar-refractivity contribution < 1.29 is 27.1 Å². The third-order valence-electron chi connectivity index (χ3n) is 6.41. The van der Waals surface area contributed by atoms with Crippen LogP contribution in [0.5, 0.6) is 0 Å². The summed E-state index contributed by atoms with van der Waals surface area (Å²) < 4.78 is 54.6. The van der Waals surface area contributed by atoms with Crippen LogP contribution in [0.4, 0.5) is 8.78 Å². The first kappa shape index (κ1) is 27.5. The van der Waals surface area contributed by atoms with Crippen molar-refractivity contribution in [2.75, 3.05) is 12.8 Å². The first-order valence-corrected chi connectivity index (χ1v) is 14.0. The highest BCUT2D eigenvalue weighted by atomic mass is 35.5. The van der Waals surface area contributed by atoms with Crippen LogP contribution in [0.25, 0.3) is 5.69 Å². The van der Waals surface area contributed by atoms with Gasteiger partial charge in [0.15, 0.2) is 17.3 Å². The summed E-state index contributed by atoms with van der Waals surface area (Å²) in [5.41, 5.74) is -1.35. The van der Waals surface area contributed by atoms with E-state index in [0.29, 0.717) is 24.8 Å². The molecular formula is C24H32ClF2N3O4S. The molecule has 0 bridgehead atoms. The zero-order valence-electron chi connectivity index (χ0n) is 20.4. The van der Waals surface area contributed by atoms with Crippen LogP contribution in [-0.2, 0) is 22.7 Å². The fourth-order valence-electron chi connectivity index (χ4n) is 4.54. The number of imidazole rings is 1. The molecule has 7 nitrogen and oxygen atoms in total. The Hall–Kier alpha value is -2.04. The van der Waals surface area contributed by atoms with Crippen molar-refractivity contribution >= 4 is 27.3 Å². The Morgan fingerprint density at radius 3 is 2.34 bits per heavy atom. The molecule has 2 aromatic rings. The number of carbonyl (C=O) groups excluding carboxylic acids is 1. The number of nitrogens with zero attached hydrogens (tertiary/aromatic N) is 2.